The van der Waals surface area contributed by atoms with Gasteiger partial charge >= 0.3 is 0 Å². The molecule has 2 unspecified atom stereocenters. The number of aliphatic hydroxyl groups is 2. The van der Waals surface area contributed by atoms with Crippen LogP contribution in [0.5, 0.6) is 0 Å². The van der Waals surface area contributed by atoms with Crippen LogP contribution in [0, 0.1) is 0 Å². The number of hydrogen-bond acceptors (Lipinski definition) is 5. The normalized spacial score (nSPS) is 14.1. The monoisotopic (exact) mass is 303 g/mol. The summed E-state index contributed by atoms with van der Waals surface area (Å²) >= 11 is 3.17. The molecule has 0 fully saturated rings. The standard InChI is InChI=1S/C10H14BrN3O3/c1-6(15)12-3-2-8(16)9(17)10-13-4-7(11)5-14-10/h4-5,8-9,16-17H,2-3H2,1H3,(H,12,15). The molecule has 0 aliphatic carbocycles. The van der Waals surface area contributed by atoms with Crippen LogP contribution < -0.4 is 5.32 Å². The van der Waals surface area contributed by atoms with Crippen LogP contribution in [-0.4, -0.2) is 38.7 Å². The number of amides is 1. The molecule has 2 atom stereocenters. The summed E-state index contributed by atoms with van der Waals surface area (Å²) in [6.45, 7) is 1.69. The first-order chi connectivity index (χ1) is 8.00. The molecule has 1 aromatic rings. The van der Waals surface area contributed by atoms with Crippen LogP contribution in [0.2, 0.25) is 0 Å². The van der Waals surface area contributed by atoms with Crippen LogP contribution in [0.4, 0.5) is 0 Å². The van der Waals surface area contributed by atoms with Crippen molar-refractivity contribution in [1.82, 2.24) is 15.3 Å². The fourth-order valence-electron chi connectivity index (χ4n) is 1.20. The third-order valence-electron chi connectivity index (χ3n) is 2.08. The Balaban J connectivity index is 2.48. The fraction of sp³-hybridized carbons (Fsp3) is 0.500. The van der Waals surface area contributed by atoms with E-state index in [1.54, 1.807) is 0 Å². The van der Waals surface area contributed by atoms with Crippen LogP contribution >= 0.6 is 15.9 Å². The summed E-state index contributed by atoms with van der Waals surface area (Å²) in [5.41, 5.74) is 0. The Hall–Kier alpha value is -1.05. The van der Waals surface area contributed by atoms with Gasteiger partial charge in [-0.05, 0) is 22.4 Å². The molecule has 0 aliphatic rings. The lowest BCUT2D eigenvalue weighted by atomic mass is 10.1. The number of nitrogens with one attached hydrogen (secondary N) is 1. The first-order valence-corrected chi connectivity index (χ1v) is 5.88. The molecule has 3 N–H and O–H groups in total. The lowest BCUT2D eigenvalue weighted by Gasteiger charge is -2.16. The maximum atomic E-state index is 10.6. The number of aromatic nitrogens is 2. The zero-order valence-electron chi connectivity index (χ0n) is 9.30. The zero-order chi connectivity index (χ0) is 12.8. The van der Waals surface area contributed by atoms with Gasteiger partial charge < -0.3 is 15.5 Å². The highest BCUT2D eigenvalue weighted by molar-refractivity contribution is 9.10. The number of carbonyl (C=O) groups excluding carboxylic acids is 1. The van der Waals surface area contributed by atoms with E-state index in [-0.39, 0.29) is 18.2 Å². The lowest BCUT2D eigenvalue weighted by Crippen LogP contribution is -2.28. The molecule has 17 heavy (non-hydrogen) atoms. The van der Waals surface area contributed by atoms with Gasteiger partial charge in [0.25, 0.3) is 0 Å². The van der Waals surface area contributed by atoms with Crippen molar-refractivity contribution in [3.63, 3.8) is 0 Å². The van der Waals surface area contributed by atoms with Crippen LogP contribution in [-0.2, 0) is 4.79 Å². The Kier molecular flexibility index (Phi) is 5.46. The fourth-order valence-corrected chi connectivity index (χ4v) is 1.41. The summed E-state index contributed by atoms with van der Waals surface area (Å²) in [6, 6.07) is 0. The van der Waals surface area contributed by atoms with Gasteiger partial charge in [0, 0.05) is 25.9 Å². The van der Waals surface area contributed by atoms with Gasteiger partial charge in [0.2, 0.25) is 5.91 Å². The van der Waals surface area contributed by atoms with E-state index in [1.165, 1.54) is 19.3 Å². The van der Waals surface area contributed by atoms with E-state index in [0.717, 1.165) is 0 Å². The number of halogens is 1. The van der Waals surface area contributed by atoms with Crippen molar-refractivity contribution in [1.29, 1.82) is 0 Å². The quantitative estimate of drug-likeness (QED) is 0.720. The third kappa shape index (κ3) is 4.76. The molecule has 0 radical (unpaired) electrons. The van der Waals surface area contributed by atoms with Crippen molar-refractivity contribution < 1.29 is 15.0 Å². The van der Waals surface area contributed by atoms with E-state index < -0.39 is 12.2 Å². The molecule has 0 bridgehead atoms. The largest absolute Gasteiger partial charge is 0.390 e. The predicted octanol–water partition coefficient (Wildman–Crippen LogP) is 0.160. The third-order valence-corrected chi connectivity index (χ3v) is 2.49. The predicted molar refractivity (Wildman–Crippen MR) is 64.0 cm³/mol. The summed E-state index contributed by atoms with van der Waals surface area (Å²) in [5.74, 6) is -0.0184. The Morgan fingerprint density at radius 1 is 1.47 bits per heavy atom. The number of rotatable bonds is 5. The van der Waals surface area contributed by atoms with Gasteiger partial charge in [-0.25, -0.2) is 9.97 Å². The zero-order valence-corrected chi connectivity index (χ0v) is 10.9. The SMILES string of the molecule is CC(=O)NCCC(O)C(O)c1ncc(Br)cn1. The van der Waals surface area contributed by atoms with Gasteiger partial charge in [-0.3, -0.25) is 4.79 Å². The van der Waals surface area contributed by atoms with E-state index >= 15 is 0 Å². The molecule has 1 rings (SSSR count). The maximum absolute atomic E-state index is 10.6. The van der Waals surface area contributed by atoms with Gasteiger partial charge in [0.05, 0.1) is 10.6 Å². The molecule has 0 aromatic carbocycles. The van der Waals surface area contributed by atoms with E-state index in [2.05, 4.69) is 31.2 Å². The van der Waals surface area contributed by atoms with Crippen LogP contribution in [0.15, 0.2) is 16.9 Å². The van der Waals surface area contributed by atoms with E-state index in [9.17, 15) is 15.0 Å². The molecule has 94 valence electrons. The van der Waals surface area contributed by atoms with Crippen molar-refractivity contribution >= 4 is 21.8 Å². The molecule has 0 saturated heterocycles. The highest BCUT2D eigenvalue weighted by Crippen LogP contribution is 2.15. The second kappa shape index (κ2) is 6.63. The van der Waals surface area contributed by atoms with Crippen LogP contribution in [0.3, 0.4) is 0 Å². The van der Waals surface area contributed by atoms with Crippen molar-refractivity contribution in [3.8, 4) is 0 Å². The van der Waals surface area contributed by atoms with Crippen LogP contribution in [0.1, 0.15) is 25.3 Å². The summed E-state index contributed by atoms with van der Waals surface area (Å²) in [4.78, 5) is 18.4. The lowest BCUT2D eigenvalue weighted by molar-refractivity contribution is -0.119. The van der Waals surface area contributed by atoms with Crippen molar-refractivity contribution in [3.05, 3.63) is 22.7 Å². The molecule has 0 saturated carbocycles. The minimum Gasteiger partial charge on any atom is -0.390 e. The van der Waals surface area contributed by atoms with Crippen LogP contribution in [0.25, 0.3) is 0 Å². The first kappa shape index (κ1) is 14.0. The van der Waals surface area contributed by atoms with E-state index in [1.807, 2.05) is 0 Å². The molecule has 1 amide bonds. The van der Waals surface area contributed by atoms with Crippen molar-refractivity contribution in [2.45, 2.75) is 25.6 Å². The smallest absolute Gasteiger partial charge is 0.216 e. The summed E-state index contributed by atoms with van der Waals surface area (Å²) < 4.78 is 0.696. The average Bonchev–Trinajstić information content (AvgIpc) is 2.28. The Labute approximate surface area is 107 Å². The van der Waals surface area contributed by atoms with Gasteiger partial charge in [-0.2, -0.15) is 0 Å². The average molecular weight is 304 g/mol. The molecular formula is C10H14BrN3O3. The Bertz CT molecular complexity index is 372. The van der Waals surface area contributed by atoms with E-state index in [0.29, 0.717) is 11.0 Å². The van der Waals surface area contributed by atoms with E-state index in [4.69, 9.17) is 0 Å². The Morgan fingerprint density at radius 3 is 2.59 bits per heavy atom. The number of carbonyl (C=O) groups is 1. The highest BCUT2D eigenvalue weighted by atomic mass is 79.9. The molecule has 0 spiro atoms. The summed E-state index contributed by atoms with van der Waals surface area (Å²) in [6.07, 6.45) is 1.05. The topological polar surface area (TPSA) is 95.3 Å². The molecule has 1 heterocycles. The van der Waals surface area contributed by atoms with Crippen molar-refractivity contribution in [2.75, 3.05) is 6.54 Å². The molecule has 7 heteroatoms. The highest BCUT2D eigenvalue weighted by Gasteiger charge is 2.20. The first-order valence-electron chi connectivity index (χ1n) is 5.08. The minimum absolute atomic E-state index is 0.156. The van der Waals surface area contributed by atoms with Gasteiger partial charge in [-0.15, -0.1) is 0 Å². The second-order valence-electron chi connectivity index (χ2n) is 3.54. The van der Waals surface area contributed by atoms with Gasteiger partial charge in [0.15, 0.2) is 5.82 Å². The maximum Gasteiger partial charge on any atom is 0.216 e. The minimum atomic E-state index is -1.16. The molecule has 0 aliphatic heterocycles. The molecule has 6 nitrogen and oxygen atoms in total. The van der Waals surface area contributed by atoms with Crippen molar-refractivity contribution in [2.24, 2.45) is 0 Å². The number of hydrogen-bond donors (Lipinski definition) is 3. The number of nitrogens with zero attached hydrogens (tertiary/aromatic N) is 2. The van der Waals surface area contributed by atoms with Gasteiger partial charge in [-0.1, -0.05) is 0 Å². The van der Waals surface area contributed by atoms with Gasteiger partial charge in [0.1, 0.15) is 6.10 Å². The summed E-state index contributed by atoms with van der Waals surface area (Å²) in [5, 5.41) is 21.9. The second-order valence-corrected chi connectivity index (χ2v) is 4.46. The Morgan fingerprint density at radius 2 is 2.06 bits per heavy atom. The molecule has 1 aromatic heterocycles. The summed E-state index contributed by atoms with van der Waals surface area (Å²) in [7, 11) is 0. The molecular weight excluding hydrogens is 290 g/mol. The number of aliphatic hydroxyl groups excluding tert-OH is 2.